The first kappa shape index (κ1) is 25.2. The zero-order chi connectivity index (χ0) is 24.9. The molecule has 3 aromatic rings. The van der Waals surface area contributed by atoms with E-state index in [9.17, 15) is 4.79 Å². The topological polar surface area (TPSA) is 61.4 Å². The third-order valence-electron chi connectivity index (χ3n) is 6.60. The van der Waals surface area contributed by atoms with Gasteiger partial charge in [0.15, 0.2) is 0 Å². The van der Waals surface area contributed by atoms with Crippen molar-refractivity contribution in [3.8, 4) is 0 Å². The highest BCUT2D eigenvalue weighted by Crippen LogP contribution is 2.32. The van der Waals surface area contributed by atoms with Crippen molar-refractivity contribution in [2.45, 2.75) is 59.3 Å². The van der Waals surface area contributed by atoms with Crippen molar-refractivity contribution in [3.63, 3.8) is 0 Å². The van der Waals surface area contributed by atoms with Gasteiger partial charge in [0, 0.05) is 49.8 Å². The highest BCUT2D eigenvalue weighted by molar-refractivity contribution is 7.09. The standard InChI is InChI=1S/C28H37N5OS/c1-19(2)23-8-6-9-24(20(3)4)26(23)30-27(34)32-14-7-15-33(17-16-32)28-29-25(31-35-28)18-22-12-10-21(5)11-13-22/h6,8-13,19-20H,7,14-18H2,1-5H3,(H,30,34). The lowest BCUT2D eigenvalue weighted by atomic mass is 9.93. The number of benzene rings is 2. The third-order valence-corrected chi connectivity index (χ3v) is 7.41. The number of anilines is 2. The first-order chi connectivity index (χ1) is 16.8. The number of para-hydroxylation sites is 1. The Hall–Kier alpha value is -2.93. The van der Waals surface area contributed by atoms with Crippen LogP contribution >= 0.6 is 11.5 Å². The van der Waals surface area contributed by atoms with Crippen LogP contribution in [0.4, 0.5) is 15.6 Å². The fourth-order valence-electron chi connectivity index (χ4n) is 4.53. The van der Waals surface area contributed by atoms with Crippen LogP contribution in [0.25, 0.3) is 0 Å². The molecule has 4 rings (SSSR count). The van der Waals surface area contributed by atoms with E-state index < -0.39 is 0 Å². The van der Waals surface area contributed by atoms with E-state index in [2.05, 4.69) is 91.7 Å². The Labute approximate surface area is 213 Å². The molecule has 0 unspecified atom stereocenters. The largest absolute Gasteiger partial charge is 0.345 e. The number of aromatic nitrogens is 2. The fraction of sp³-hybridized carbons (Fsp3) is 0.464. The third kappa shape index (κ3) is 6.20. The SMILES string of the molecule is Cc1ccc(Cc2nsc(N3CCCN(C(=O)Nc4c(C(C)C)cccc4C(C)C)CC3)n2)cc1. The van der Waals surface area contributed by atoms with E-state index in [4.69, 9.17) is 4.98 Å². The van der Waals surface area contributed by atoms with Gasteiger partial charge in [-0.2, -0.15) is 4.37 Å². The molecule has 6 nitrogen and oxygen atoms in total. The number of rotatable bonds is 6. The van der Waals surface area contributed by atoms with E-state index >= 15 is 0 Å². The zero-order valence-corrected chi connectivity index (χ0v) is 22.4. The maximum absolute atomic E-state index is 13.3. The monoisotopic (exact) mass is 491 g/mol. The van der Waals surface area contributed by atoms with Gasteiger partial charge in [0.1, 0.15) is 5.82 Å². The molecule has 0 saturated carbocycles. The summed E-state index contributed by atoms with van der Waals surface area (Å²) in [6, 6.07) is 14.9. The number of aryl methyl sites for hydroxylation is 1. The maximum atomic E-state index is 13.3. The summed E-state index contributed by atoms with van der Waals surface area (Å²) in [5.41, 5.74) is 5.84. The normalized spacial score (nSPS) is 14.5. The lowest BCUT2D eigenvalue weighted by Crippen LogP contribution is -2.38. The summed E-state index contributed by atoms with van der Waals surface area (Å²) in [6.07, 6.45) is 1.65. The first-order valence-electron chi connectivity index (χ1n) is 12.6. The Bertz CT molecular complexity index is 1110. The summed E-state index contributed by atoms with van der Waals surface area (Å²) in [6.45, 7) is 13.8. The van der Waals surface area contributed by atoms with Crippen LogP contribution in [0, 0.1) is 6.92 Å². The number of urea groups is 1. The Morgan fingerprint density at radius 1 is 0.971 bits per heavy atom. The van der Waals surface area contributed by atoms with Crippen molar-refractivity contribution in [2.24, 2.45) is 0 Å². The molecule has 1 saturated heterocycles. The van der Waals surface area contributed by atoms with Gasteiger partial charge in [-0.1, -0.05) is 75.7 Å². The number of nitrogens with zero attached hydrogens (tertiary/aromatic N) is 4. The molecular formula is C28H37N5OS. The smallest absolute Gasteiger partial charge is 0.321 e. The molecule has 1 aliphatic rings. The summed E-state index contributed by atoms with van der Waals surface area (Å²) in [4.78, 5) is 22.3. The van der Waals surface area contributed by atoms with Gasteiger partial charge in [0.25, 0.3) is 0 Å². The molecule has 1 N–H and O–H groups in total. The van der Waals surface area contributed by atoms with Crippen LogP contribution in [-0.4, -0.2) is 46.5 Å². The van der Waals surface area contributed by atoms with Gasteiger partial charge < -0.3 is 15.1 Å². The Morgan fingerprint density at radius 2 is 1.66 bits per heavy atom. The van der Waals surface area contributed by atoms with Crippen molar-refractivity contribution in [2.75, 3.05) is 36.4 Å². The molecule has 0 aliphatic carbocycles. The molecule has 7 heteroatoms. The minimum Gasteiger partial charge on any atom is -0.345 e. The molecule has 0 atom stereocenters. The van der Waals surface area contributed by atoms with E-state index in [0.29, 0.717) is 18.4 Å². The molecule has 0 radical (unpaired) electrons. The predicted molar refractivity (Wildman–Crippen MR) is 146 cm³/mol. The van der Waals surface area contributed by atoms with Crippen molar-refractivity contribution < 1.29 is 4.79 Å². The van der Waals surface area contributed by atoms with Crippen LogP contribution in [0.15, 0.2) is 42.5 Å². The van der Waals surface area contributed by atoms with Crippen LogP contribution in [0.3, 0.4) is 0 Å². The molecule has 186 valence electrons. The van der Waals surface area contributed by atoms with Crippen LogP contribution in [-0.2, 0) is 6.42 Å². The molecule has 2 aromatic carbocycles. The van der Waals surface area contributed by atoms with E-state index in [1.165, 1.54) is 33.8 Å². The minimum absolute atomic E-state index is 0.0147. The van der Waals surface area contributed by atoms with Crippen molar-refractivity contribution >= 4 is 28.4 Å². The van der Waals surface area contributed by atoms with E-state index in [1.807, 2.05) is 4.90 Å². The van der Waals surface area contributed by atoms with E-state index in [0.717, 1.165) is 49.1 Å². The molecule has 2 amide bonds. The lowest BCUT2D eigenvalue weighted by molar-refractivity contribution is 0.215. The molecule has 0 spiro atoms. The Kier molecular flexibility index (Phi) is 8.06. The van der Waals surface area contributed by atoms with Gasteiger partial charge >= 0.3 is 6.03 Å². The molecule has 0 bridgehead atoms. The van der Waals surface area contributed by atoms with Crippen LogP contribution in [0.5, 0.6) is 0 Å². The summed E-state index contributed by atoms with van der Waals surface area (Å²) in [5, 5.41) is 4.22. The summed E-state index contributed by atoms with van der Waals surface area (Å²) in [7, 11) is 0. The van der Waals surface area contributed by atoms with Gasteiger partial charge in [-0.15, -0.1) is 0 Å². The highest BCUT2D eigenvalue weighted by Gasteiger charge is 2.23. The summed E-state index contributed by atoms with van der Waals surface area (Å²) < 4.78 is 4.60. The van der Waals surface area contributed by atoms with Gasteiger partial charge in [-0.25, -0.2) is 9.78 Å². The van der Waals surface area contributed by atoms with Crippen molar-refractivity contribution in [1.29, 1.82) is 0 Å². The maximum Gasteiger partial charge on any atom is 0.321 e. The van der Waals surface area contributed by atoms with Crippen LogP contribution in [0.2, 0.25) is 0 Å². The molecule has 35 heavy (non-hydrogen) atoms. The second-order valence-corrected chi connectivity index (χ2v) is 10.8. The molecule has 1 aromatic heterocycles. The number of carbonyl (C=O) groups excluding carboxylic acids is 1. The van der Waals surface area contributed by atoms with Gasteiger partial charge in [0.05, 0.1) is 0 Å². The van der Waals surface area contributed by atoms with Gasteiger partial charge in [-0.05, 0) is 41.9 Å². The second kappa shape index (κ2) is 11.2. The first-order valence-corrected chi connectivity index (χ1v) is 13.4. The van der Waals surface area contributed by atoms with E-state index in [-0.39, 0.29) is 6.03 Å². The number of carbonyl (C=O) groups is 1. The van der Waals surface area contributed by atoms with Crippen LogP contribution < -0.4 is 10.2 Å². The minimum atomic E-state index is -0.0147. The molecule has 1 fully saturated rings. The number of amides is 2. The highest BCUT2D eigenvalue weighted by atomic mass is 32.1. The van der Waals surface area contributed by atoms with Gasteiger partial charge in [-0.3, -0.25) is 0 Å². The predicted octanol–water partition coefficient (Wildman–Crippen LogP) is 6.43. The molecular weight excluding hydrogens is 454 g/mol. The average Bonchev–Trinajstić information content (AvgIpc) is 3.14. The number of nitrogens with one attached hydrogen (secondary N) is 1. The number of hydrogen-bond donors (Lipinski definition) is 1. The van der Waals surface area contributed by atoms with E-state index in [1.54, 1.807) is 0 Å². The zero-order valence-electron chi connectivity index (χ0n) is 21.5. The molecule has 2 heterocycles. The summed E-state index contributed by atoms with van der Waals surface area (Å²) >= 11 is 1.46. The number of hydrogen-bond acceptors (Lipinski definition) is 5. The average molecular weight is 492 g/mol. The second-order valence-electron chi connectivity index (χ2n) is 10.0. The van der Waals surface area contributed by atoms with Crippen LogP contribution in [0.1, 0.15) is 74.0 Å². The lowest BCUT2D eigenvalue weighted by Gasteiger charge is -2.25. The van der Waals surface area contributed by atoms with Crippen molar-refractivity contribution in [1.82, 2.24) is 14.3 Å². The fourth-order valence-corrected chi connectivity index (χ4v) is 5.26. The quantitative estimate of drug-likeness (QED) is 0.432. The Morgan fingerprint density at radius 3 is 2.31 bits per heavy atom. The summed E-state index contributed by atoms with van der Waals surface area (Å²) in [5.74, 6) is 1.55. The van der Waals surface area contributed by atoms with Crippen molar-refractivity contribution in [3.05, 3.63) is 70.5 Å². The molecule has 1 aliphatic heterocycles. The Balaban J connectivity index is 1.40. The van der Waals surface area contributed by atoms with Gasteiger partial charge in [0.2, 0.25) is 5.13 Å².